The highest BCUT2D eigenvalue weighted by atomic mass is 79.9. The van der Waals surface area contributed by atoms with Gasteiger partial charge in [0, 0.05) is 23.3 Å². The first-order valence-electron chi connectivity index (χ1n) is 6.64. The standard InChI is InChI=1S/C13H18BrClN2O2S/c1-2-17(10-5-3-4-6-10)20(18,19)12-8-9(15)7-11(16)13(12)14/h7-8,10H,2-6,16H2,1H3. The van der Waals surface area contributed by atoms with Gasteiger partial charge in [0.2, 0.25) is 10.0 Å². The number of nitrogen functional groups attached to an aromatic ring is 1. The first-order chi connectivity index (χ1) is 9.37. The Bertz CT molecular complexity index is 601. The minimum atomic E-state index is -3.59. The summed E-state index contributed by atoms with van der Waals surface area (Å²) in [5.41, 5.74) is 6.13. The third kappa shape index (κ3) is 2.98. The van der Waals surface area contributed by atoms with E-state index >= 15 is 0 Å². The van der Waals surface area contributed by atoms with E-state index in [2.05, 4.69) is 15.9 Å². The van der Waals surface area contributed by atoms with Crippen LogP contribution in [0.4, 0.5) is 5.69 Å². The average Bonchev–Trinajstić information content (AvgIpc) is 2.87. The first kappa shape index (κ1) is 16.1. The highest BCUT2D eigenvalue weighted by Gasteiger charge is 2.33. The third-order valence-corrected chi connectivity index (χ3v) is 7.08. The second-order valence-electron chi connectivity index (χ2n) is 4.95. The zero-order valence-corrected chi connectivity index (χ0v) is 14.4. The van der Waals surface area contributed by atoms with Gasteiger partial charge in [-0.05, 0) is 40.9 Å². The number of nitrogens with two attached hydrogens (primary N) is 1. The zero-order valence-electron chi connectivity index (χ0n) is 11.3. The largest absolute Gasteiger partial charge is 0.398 e. The second kappa shape index (κ2) is 6.22. The summed E-state index contributed by atoms with van der Waals surface area (Å²) in [7, 11) is -3.59. The molecule has 0 spiro atoms. The van der Waals surface area contributed by atoms with E-state index in [1.807, 2.05) is 6.92 Å². The molecule has 7 heteroatoms. The zero-order chi connectivity index (χ0) is 14.9. The summed E-state index contributed by atoms with van der Waals surface area (Å²) in [5, 5.41) is 0.326. The van der Waals surface area contributed by atoms with Crippen molar-refractivity contribution in [3.63, 3.8) is 0 Å². The molecule has 0 aromatic heterocycles. The van der Waals surface area contributed by atoms with Gasteiger partial charge in [0.15, 0.2) is 0 Å². The molecule has 1 aliphatic carbocycles. The molecule has 2 rings (SSSR count). The summed E-state index contributed by atoms with van der Waals surface area (Å²) in [4.78, 5) is 0.149. The van der Waals surface area contributed by atoms with Gasteiger partial charge < -0.3 is 5.73 Å². The molecule has 0 heterocycles. The van der Waals surface area contributed by atoms with Crippen LogP contribution in [-0.2, 0) is 10.0 Å². The highest BCUT2D eigenvalue weighted by molar-refractivity contribution is 9.10. The molecule has 1 fully saturated rings. The number of rotatable bonds is 4. The number of halogens is 2. The summed E-state index contributed by atoms with van der Waals surface area (Å²) in [6, 6.07) is 3.07. The van der Waals surface area contributed by atoms with E-state index in [-0.39, 0.29) is 10.9 Å². The molecule has 0 unspecified atom stereocenters. The summed E-state index contributed by atoms with van der Waals surface area (Å²) in [6.45, 7) is 2.31. The van der Waals surface area contributed by atoms with Gasteiger partial charge in [0.05, 0.1) is 9.37 Å². The van der Waals surface area contributed by atoms with E-state index < -0.39 is 10.0 Å². The van der Waals surface area contributed by atoms with E-state index in [1.54, 1.807) is 4.31 Å². The lowest BCUT2D eigenvalue weighted by atomic mass is 10.2. The van der Waals surface area contributed by atoms with Gasteiger partial charge in [-0.25, -0.2) is 8.42 Å². The van der Waals surface area contributed by atoms with Crippen LogP contribution >= 0.6 is 27.5 Å². The summed E-state index contributed by atoms with van der Waals surface area (Å²) < 4.78 is 27.7. The van der Waals surface area contributed by atoms with E-state index in [0.717, 1.165) is 25.7 Å². The Balaban J connectivity index is 2.48. The van der Waals surface area contributed by atoms with Crippen LogP contribution in [-0.4, -0.2) is 25.3 Å². The third-order valence-electron chi connectivity index (χ3n) is 3.66. The second-order valence-corrected chi connectivity index (χ2v) is 8.04. The fourth-order valence-electron chi connectivity index (χ4n) is 2.72. The van der Waals surface area contributed by atoms with Crippen LogP contribution in [0, 0.1) is 0 Å². The Morgan fingerprint density at radius 3 is 2.55 bits per heavy atom. The summed E-state index contributed by atoms with van der Waals surface area (Å²) in [5.74, 6) is 0. The van der Waals surface area contributed by atoms with Crippen molar-refractivity contribution in [2.75, 3.05) is 12.3 Å². The van der Waals surface area contributed by atoms with Gasteiger partial charge >= 0.3 is 0 Å². The van der Waals surface area contributed by atoms with Gasteiger partial charge in [-0.1, -0.05) is 31.4 Å². The van der Waals surface area contributed by atoms with Crippen LogP contribution < -0.4 is 5.73 Å². The van der Waals surface area contributed by atoms with E-state index in [4.69, 9.17) is 17.3 Å². The predicted octanol–water partition coefficient (Wildman–Crippen LogP) is 3.64. The molecule has 0 aliphatic heterocycles. The van der Waals surface area contributed by atoms with Crippen LogP contribution in [0.25, 0.3) is 0 Å². The molecule has 0 saturated heterocycles. The molecule has 0 bridgehead atoms. The number of hydrogen-bond donors (Lipinski definition) is 1. The quantitative estimate of drug-likeness (QED) is 0.810. The van der Waals surface area contributed by atoms with Gasteiger partial charge in [-0.2, -0.15) is 4.31 Å². The van der Waals surface area contributed by atoms with Gasteiger partial charge in [-0.3, -0.25) is 0 Å². The van der Waals surface area contributed by atoms with Crippen molar-refractivity contribution < 1.29 is 8.42 Å². The van der Waals surface area contributed by atoms with Gasteiger partial charge in [0.25, 0.3) is 0 Å². The van der Waals surface area contributed by atoms with Crippen molar-refractivity contribution in [2.24, 2.45) is 0 Å². The fraction of sp³-hybridized carbons (Fsp3) is 0.538. The van der Waals surface area contributed by atoms with Crippen molar-refractivity contribution in [1.29, 1.82) is 0 Å². The monoisotopic (exact) mass is 380 g/mol. The van der Waals surface area contributed by atoms with Crippen molar-refractivity contribution in [2.45, 2.75) is 43.5 Å². The molecule has 2 N–H and O–H groups in total. The van der Waals surface area contributed by atoms with Crippen LogP contribution in [0.2, 0.25) is 5.02 Å². The Morgan fingerprint density at radius 1 is 1.40 bits per heavy atom. The number of anilines is 1. The van der Waals surface area contributed by atoms with Crippen LogP contribution in [0.15, 0.2) is 21.5 Å². The molecule has 0 atom stereocenters. The van der Waals surface area contributed by atoms with Crippen molar-refractivity contribution >= 4 is 43.2 Å². The Hall–Kier alpha value is -0.300. The molecule has 1 saturated carbocycles. The maximum atomic E-state index is 12.9. The lowest BCUT2D eigenvalue weighted by molar-refractivity contribution is 0.335. The van der Waals surface area contributed by atoms with Gasteiger partial charge in [0.1, 0.15) is 0 Å². The van der Waals surface area contributed by atoms with Crippen LogP contribution in [0.3, 0.4) is 0 Å². The first-order valence-corrected chi connectivity index (χ1v) is 9.25. The SMILES string of the molecule is CCN(C1CCCC1)S(=O)(=O)c1cc(Cl)cc(N)c1Br. The molecule has 0 amide bonds. The molecule has 20 heavy (non-hydrogen) atoms. The van der Waals surface area contributed by atoms with Crippen LogP contribution in [0.5, 0.6) is 0 Å². The number of benzene rings is 1. The normalized spacial score (nSPS) is 17.0. The minimum Gasteiger partial charge on any atom is -0.398 e. The molecule has 112 valence electrons. The lowest BCUT2D eigenvalue weighted by Crippen LogP contribution is -2.38. The topological polar surface area (TPSA) is 63.4 Å². The molecule has 4 nitrogen and oxygen atoms in total. The molecule has 1 aromatic carbocycles. The maximum Gasteiger partial charge on any atom is 0.244 e. The minimum absolute atomic E-state index is 0.0807. The van der Waals surface area contributed by atoms with Crippen molar-refractivity contribution in [3.8, 4) is 0 Å². The fourth-order valence-corrected chi connectivity index (χ4v) is 5.67. The Labute approximate surface area is 133 Å². The Morgan fingerprint density at radius 2 is 2.00 bits per heavy atom. The van der Waals surface area contributed by atoms with E-state index in [9.17, 15) is 8.42 Å². The van der Waals surface area contributed by atoms with Crippen LogP contribution in [0.1, 0.15) is 32.6 Å². The average molecular weight is 382 g/mol. The van der Waals surface area contributed by atoms with Gasteiger partial charge in [-0.15, -0.1) is 0 Å². The van der Waals surface area contributed by atoms with Crippen molar-refractivity contribution in [1.82, 2.24) is 4.31 Å². The smallest absolute Gasteiger partial charge is 0.244 e. The molecular weight excluding hydrogens is 364 g/mol. The molecular formula is C13H18BrClN2O2S. The number of sulfonamides is 1. The number of hydrogen-bond acceptors (Lipinski definition) is 3. The van der Waals surface area contributed by atoms with E-state index in [1.165, 1.54) is 12.1 Å². The molecule has 1 aromatic rings. The lowest BCUT2D eigenvalue weighted by Gasteiger charge is -2.27. The predicted molar refractivity (Wildman–Crippen MR) is 85.4 cm³/mol. The maximum absolute atomic E-state index is 12.9. The molecule has 1 aliphatic rings. The number of nitrogens with zero attached hydrogens (tertiary/aromatic N) is 1. The molecule has 0 radical (unpaired) electrons. The highest BCUT2D eigenvalue weighted by Crippen LogP contribution is 2.35. The Kier molecular flexibility index (Phi) is 5.00. The summed E-state index contributed by atoms with van der Waals surface area (Å²) in [6.07, 6.45) is 3.99. The van der Waals surface area contributed by atoms with E-state index in [0.29, 0.717) is 21.7 Å². The van der Waals surface area contributed by atoms with Crippen molar-refractivity contribution in [3.05, 3.63) is 21.6 Å². The summed E-state index contributed by atoms with van der Waals surface area (Å²) >= 11 is 9.22.